The lowest BCUT2D eigenvalue weighted by molar-refractivity contribution is -0.154. The summed E-state index contributed by atoms with van der Waals surface area (Å²) in [5, 5.41) is 27.3. The topological polar surface area (TPSA) is 516 Å². The van der Waals surface area contributed by atoms with Crippen LogP contribution < -0.4 is 67.1 Å². The minimum atomic E-state index is -3.37. The molecular weight excluding hydrogens is 2090 g/mol. The minimum absolute atomic E-state index is 0. The molecule has 0 radical (unpaired) electrons. The van der Waals surface area contributed by atoms with Crippen molar-refractivity contribution in [1.29, 1.82) is 0 Å². The first kappa shape index (κ1) is 124. The normalized spacial score (nSPS) is 18.5. The number of fused-ring (bicyclic) bond motifs is 5. The number of Topliss-reactive ketones (excluding diaryl/α,β-unsaturated/α-hetero) is 3. The number of esters is 2. The van der Waals surface area contributed by atoms with Crippen molar-refractivity contribution in [2.24, 2.45) is 29.0 Å². The number of benzene rings is 3. The van der Waals surface area contributed by atoms with E-state index < -0.39 is 38.9 Å². The van der Waals surface area contributed by atoms with Crippen LogP contribution in [0.2, 0.25) is 0 Å². The van der Waals surface area contributed by atoms with Gasteiger partial charge in [0, 0.05) is 126 Å². The third kappa shape index (κ3) is 47.5. The quantitative estimate of drug-likeness (QED) is 0.00767. The molecule has 131 heavy (non-hydrogen) atoms. The Labute approximate surface area is 836 Å². The number of nitrogens with two attached hydrogens (primary N) is 8. The van der Waals surface area contributed by atoms with Gasteiger partial charge in [0.25, 0.3) is 10.1 Å². The van der Waals surface area contributed by atoms with E-state index in [0.717, 1.165) is 144 Å². The van der Waals surface area contributed by atoms with E-state index in [1.165, 1.54) is 106 Å². The van der Waals surface area contributed by atoms with Gasteiger partial charge in [0.05, 0.1) is 78.2 Å². The van der Waals surface area contributed by atoms with Gasteiger partial charge in [0.2, 0.25) is 9.05 Å². The number of thiazole rings is 5. The van der Waals surface area contributed by atoms with Crippen molar-refractivity contribution >= 4 is 239 Å². The molecule has 43 heteroatoms. The molecule has 736 valence electrons. The third-order valence-electron chi connectivity index (χ3n) is 20.0. The van der Waals surface area contributed by atoms with Crippen molar-refractivity contribution in [1.82, 2.24) is 30.2 Å². The van der Waals surface area contributed by atoms with Gasteiger partial charge in [-0.3, -0.25) is 28.2 Å². The zero-order chi connectivity index (χ0) is 96.2. The van der Waals surface area contributed by atoms with Crippen LogP contribution in [0.3, 0.4) is 0 Å². The molecule has 8 aromatic rings. The maximum Gasteiger partial charge on any atom is 0.316 e. The summed E-state index contributed by atoms with van der Waals surface area (Å²) >= 11 is 20.7. The lowest BCUT2D eigenvalue weighted by Gasteiger charge is -2.22. The van der Waals surface area contributed by atoms with E-state index >= 15 is 0 Å². The molecule has 7 aliphatic rings. The highest BCUT2D eigenvalue weighted by atomic mass is 80.9. The fourth-order valence-corrected chi connectivity index (χ4v) is 22.6. The van der Waals surface area contributed by atoms with Gasteiger partial charge in [-0.2, -0.15) is 8.42 Å². The van der Waals surface area contributed by atoms with E-state index in [1.807, 2.05) is 20.9 Å². The molecule has 19 N–H and O–H groups in total. The van der Waals surface area contributed by atoms with Crippen LogP contribution in [-0.2, 0) is 93.6 Å². The standard InChI is InChI=1S/C18H15P.C9H13BrO3.C9H15N3S.C9H14N2O3S2.C9H12N2OS.C9H14O3.C8H13N3S.C8H12N2OS.C4H10O.C2H6O.CH3ClO2S.CH4N2S.CH4.Br2.ClH/c1-4-10-16(11-5-1)19(17-12-6-2-7-13-17)18-14-8-3-9-15-18;1-2-13-9(12)6-4-3-5-7(10)8(6)11;1-11-5-6-3-2-4-7-8(6)12-9(10)13-7;1-16(12,13)14-5-6-3-2-4-7-8(6)11-9(10)15-7;1-5(12)6-3-2-4-7-8(6)11-9(10)13-7;1-2-12-9(11)7-5-3-4-6-8(7)10;9-4-5-2-1-3-6-7(5)11-8(10)12-6;9-8-10-7-5(4-11)2-1-3-6(7)12-8;1-3-5-4-2;1-2-3;1-5(2,3)4;2-1(3)4;;1-2;/h1-15H;6-7H,2-5H2,1H3;6,11H,2-5H2,1H3,(H2,10,12);6H,2-5H2,1H3,(H2,10,11);6H,2-4H2,1H3,(H2,10,11);7H,2-6H2,1H3;5H,1-4,9H2,(H2,10,11);5,11H,1-4H2,(H2,9,10);3-4H2,1-2H3;3H,2H2,1H3;1H3;(H4,2,3,4);1H4;;1H. The second-order valence-electron chi connectivity index (χ2n) is 29.8. The molecule has 0 spiro atoms. The van der Waals surface area contributed by atoms with Gasteiger partial charge in [-0.25, -0.2) is 33.3 Å². The Morgan fingerprint density at radius 3 is 1.20 bits per heavy atom. The van der Waals surface area contributed by atoms with Crippen LogP contribution in [-0.4, -0.2) is 170 Å². The van der Waals surface area contributed by atoms with Gasteiger partial charge in [0.15, 0.2) is 36.6 Å². The van der Waals surface area contributed by atoms with Crippen LogP contribution in [0.1, 0.15) is 241 Å². The summed E-state index contributed by atoms with van der Waals surface area (Å²) < 4.78 is 59.9. The second kappa shape index (κ2) is 68.5. The summed E-state index contributed by atoms with van der Waals surface area (Å²) in [6.07, 6.45) is 24.0. The lowest BCUT2D eigenvalue weighted by atomic mass is 9.88. The van der Waals surface area contributed by atoms with Gasteiger partial charge >= 0.3 is 11.9 Å². The van der Waals surface area contributed by atoms with Crippen molar-refractivity contribution in [3.05, 3.63) is 144 Å². The fourth-order valence-electron chi connectivity index (χ4n) is 14.5. The van der Waals surface area contributed by atoms with Crippen LogP contribution >= 0.6 is 144 Å². The highest BCUT2D eigenvalue weighted by Gasteiger charge is 2.36. The Hall–Kier alpha value is -5.44. The van der Waals surface area contributed by atoms with Crippen LogP contribution in [0.4, 0.5) is 25.7 Å². The Bertz CT molecular complexity index is 4660. The number of aromatic nitrogens is 5. The molecule has 29 nitrogen and oxygen atoms in total. The fraction of sp³-hybridized carbons (Fsp3) is 0.557. The molecule has 0 saturated heterocycles. The van der Waals surface area contributed by atoms with Crippen LogP contribution in [0.5, 0.6) is 0 Å². The van der Waals surface area contributed by atoms with Gasteiger partial charge in [-0.05, 0) is 207 Å². The molecule has 5 aromatic heterocycles. The molecule has 3 aromatic carbocycles. The maximum absolute atomic E-state index is 11.5. The molecule has 8 atom stereocenters. The number of ketones is 3. The van der Waals surface area contributed by atoms with Gasteiger partial charge < -0.3 is 75.6 Å². The number of halogens is 5. The molecule has 0 amide bonds. The molecule has 2 fully saturated rings. The Balaban J connectivity index is 0.000000729. The van der Waals surface area contributed by atoms with Gasteiger partial charge in [-0.1, -0.05) is 127 Å². The summed E-state index contributed by atoms with van der Waals surface area (Å²) in [6.45, 7) is 15.5. The number of thiocarbonyl (C=S) groups is 1. The van der Waals surface area contributed by atoms with Crippen molar-refractivity contribution in [3.63, 3.8) is 0 Å². The molecule has 8 unspecified atom stereocenters. The van der Waals surface area contributed by atoms with E-state index in [1.54, 1.807) is 61.7 Å². The first-order valence-corrected chi connectivity index (χ1v) is 57.8. The molecule has 2 saturated carbocycles. The number of ether oxygens (including phenoxy) is 3. The number of nitrogens with zero attached hydrogens (tertiary/aromatic N) is 5. The molecular formula is C88H136Br3Cl2N14O15PS8. The summed E-state index contributed by atoms with van der Waals surface area (Å²) in [5.41, 5.74) is 48.5. The molecule has 7 aliphatic carbocycles. The Kier molecular flexibility index (Phi) is 64.7. The van der Waals surface area contributed by atoms with Crippen molar-refractivity contribution < 1.29 is 69.4 Å². The number of rotatable bonds is 17. The van der Waals surface area contributed by atoms with Crippen LogP contribution in [0.25, 0.3) is 0 Å². The number of hydrogen-bond acceptors (Lipinski definition) is 33. The molecule has 0 aliphatic heterocycles. The summed E-state index contributed by atoms with van der Waals surface area (Å²) in [6, 6.07) is 32.3. The predicted octanol–water partition coefficient (Wildman–Crippen LogP) is 16.1. The number of alkyl halides is 1. The summed E-state index contributed by atoms with van der Waals surface area (Å²) in [4.78, 5) is 84.2. The van der Waals surface area contributed by atoms with Gasteiger partial charge in [-0.15, -0.1) is 69.1 Å². The number of nitrogen functional groups attached to an aromatic ring is 5. The zero-order valence-corrected chi connectivity index (χ0v) is 89.1. The lowest BCUT2D eigenvalue weighted by Crippen LogP contribution is -2.35. The number of likely N-dealkylation sites (N-methyl/N-ethyl adjacent to an activating group) is 1. The predicted molar refractivity (Wildman–Crippen MR) is 561 cm³/mol. The van der Waals surface area contributed by atoms with Crippen LogP contribution in [0.15, 0.2) is 91.0 Å². The first-order chi connectivity index (χ1) is 61.5. The maximum atomic E-state index is 11.5. The Morgan fingerprint density at radius 1 is 0.519 bits per heavy atom. The first-order valence-electron chi connectivity index (χ1n) is 42.8. The number of hydrogen-bond donors (Lipinski definition) is 11. The average Bonchev–Trinajstić information content (AvgIpc) is 1.69. The number of aliphatic hydroxyl groups excluding tert-OH is 2. The number of aryl methyl sites for hydroxylation is 5. The van der Waals surface area contributed by atoms with E-state index in [-0.39, 0.29) is 96.6 Å². The van der Waals surface area contributed by atoms with E-state index in [0.29, 0.717) is 71.4 Å². The SMILES string of the molecule is BrBr.C.CC(=O)C1CCCc2sc(N)nc21.CCO.CCOC(=O)C1CCCC(Br)C1=O.CCOC(=O)C1CCCCC1=O.CCOCC.CNCC1CCCc2sc(N)nc21.CS(=O)(=O)Cl.CS(=O)(=O)OCC1CCCc2sc(N)nc21.Cl.NC(N)=S.NCC1CCCc2sc(N)nc21.Nc1nc2c(s1)CCCC2CO.c1ccc(P(c2ccccc2)c2ccccc2)cc1. The number of nitrogens with one attached hydrogen (secondary N) is 1. The highest BCUT2D eigenvalue weighted by Crippen LogP contribution is 2.41. The summed E-state index contributed by atoms with van der Waals surface area (Å²) in [5.74, 6) is -0.0810. The van der Waals surface area contributed by atoms with Crippen LogP contribution in [0, 0.1) is 11.8 Å². The van der Waals surface area contributed by atoms with Crippen molar-refractivity contribution in [3.8, 4) is 0 Å². The van der Waals surface area contributed by atoms with Gasteiger partial charge in [0.1, 0.15) is 23.4 Å². The van der Waals surface area contributed by atoms with E-state index in [4.69, 9.17) is 63.0 Å². The zero-order valence-electron chi connectivity index (χ0n) is 75.4. The highest BCUT2D eigenvalue weighted by molar-refractivity contribution is 9.93. The van der Waals surface area contributed by atoms with E-state index in [2.05, 4.69) is 200 Å². The number of aliphatic hydroxyl groups is 2. The second-order valence-corrected chi connectivity index (χ2v) is 43.9. The average molecular weight is 2230 g/mol. The molecule has 0 bridgehead atoms. The largest absolute Gasteiger partial charge is 0.465 e. The number of anilines is 5. The van der Waals surface area contributed by atoms with Crippen molar-refractivity contribution in [2.45, 2.75) is 225 Å². The molecule has 5 heterocycles. The van der Waals surface area contributed by atoms with E-state index in [9.17, 15) is 40.8 Å². The number of carbonyl (C=O) groups is 5. The monoisotopic (exact) mass is 2220 g/mol. The number of carbonyl (C=O) groups excluding carboxylic acids is 5. The third-order valence-corrected chi connectivity index (χ3v) is 28.7. The van der Waals surface area contributed by atoms with Crippen molar-refractivity contribution in [2.75, 3.05) is 108 Å². The Morgan fingerprint density at radius 2 is 0.847 bits per heavy atom. The molecule has 15 rings (SSSR count). The smallest absolute Gasteiger partial charge is 0.316 e. The summed E-state index contributed by atoms with van der Waals surface area (Å²) in [7, 11) is -0.523. The minimum Gasteiger partial charge on any atom is -0.465 e.